The van der Waals surface area contributed by atoms with Crippen LogP contribution < -0.4 is 5.32 Å². The molecule has 0 radical (unpaired) electrons. The highest BCUT2D eigenvalue weighted by Crippen LogP contribution is 2.37. The van der Waals surface area contributed by atoms with Crippen LogP contribution in [0, 0.1) is 5.92 Å². The van der Waals surface area contributed by atoms with Gasteiger partial charge in [-0.1, -0.05) is 38.0 Å². The lowest BCUT2D eigenvalue weighted by Crippen LogP contribution is -2.44. The van der Waals surface area contributed by atoms with E-state index < -0.39 is 0 Å². The second-order valence-electron chi connectivity index (χ2n) is 6.80. The second-order valence-corrected chi connectivity index (χ2v) is 7.78. The molecular formula is C15H23N5S. The summed E-state index contributed by atoms with van der Waals surface area (Å²) in [7, 11) is 0. The lowest BCUT2D eigenvalue weighted by atomic mass is 9.78. The van der Waals surface area contributed by atoms with Crippen molar-refractivity contribution in [3.05, 3.63) is 10.8 Å². The van der Waals surface area contributed by atoms with Crippen LogP contribution in [-0.4, -0.2) is 25.9 Å². The van der Waals surface area contributed by atoms with Gasteiger partial charge >= 0.3 is 0 Å². The average molecular weight is 305 g/mol. The molecule has 1 saturated heterocycles. The molecule has 2 aliphatic rings. The topological polar surface area (TPSA) is 55.1 Å². The highest BCUT2D eigenvalue weighted by atomic mass is 32.1. The molecular weight excluding hydrogens is 282 g/mol. The molecule has 0 spiro atoms. The molecule has 2 aromatic heterocycles. The predicted octanol–water partition coefficient (Wildman–Crippen LogP) is 3.29. The van der Waals surface area contributed by atoms with Crippen LogP contribution in [0.2, 0.25) is 0 Å². The first-order valence-corrected chi connectivity index (χ1v) is 9.02. The Kier molecular flexibility index (Phi) is 3.46. The first-order valence-electron chi connectivity index (χ1n) is 8.20. The number of hydrogen-bond acceptors (Lipinski definition) is 5. The van der Waals surface area contributed by atoms with E-state index in [4.69, 9.17) is 5.10 Å². The van der Waals surface area contributed by atoms with Gasteiger partial charge in [-0.25, -0.2) is 0 Å². The summed E-state index contributed by atoms with van der Waals surface area (Å²) in [5, 5.41) is 18.4. The number of hydrogen-bond donors (Lipinski definition) is 1. The van der Waals surface area contributed by atoms with Crippen molar-refractivity contribution >= 4 is 16.3 Å². The van der Waals surface area contributed by atoms with Gasteiger partial charge in [0.15, 0.2) is 5.82 Å². The van der Waals surface area contributed by atoms with Crippen LogP contribution in [0.1, 0.15) is 75.2 Å². The Hall–Kier alpha value is -1.01. The van der Waals surface area contributed by atoms with E-state index >= 15 is 0 Å². The van der Waals surface area contributed by atoms with Crippen molar-refractivity contribution < 1.29 is 0 Å². The number of piperidine rings is 1. The molecule has 3 unspecified atom stereocenters. The molecule has 6 heteroatoms. The van der Waals surface area contributed by atoms with Crippen LogP contribution in [0.25, 0.3) is 4.96 Å². The summed E-state index contributed by atoms with van der Waals surface area (Å²) in [4.78, 5) is 0.932. The van der Waals surface area contributed by atoms with Crippen molar-refractivity contribution in [2.45, 2.75) is 70.4 Å². The Morgan fingerprint density at radius 1 is 1.14 bits per heavy atom. The number of fused-ring (bicyclic) bond motifs is 2. The second kappa shape index (κ2) is 5.32. The largest absolute Gasteiger partial charge is 0.305 e. The smallest absolute Gasteiger partial charge is 0.234 e. The number of rotatable bonds is 2. The quantitative estimate of drug-likeness (QED) is 0.925. The molecule has 1 saturated carbocycles. The summed E-state index contributed by atoms with van der Waals surface area (Å²) in [6, 6.07) is 1.12. The molecule has 5 nitrogen and oxygen atoms in total. The van der Waals surface area contributed by atoms with Crippen LogP contribution in [0.15, 0.2) is 0 Å². The molecule has 3 heterocycles. The number of nitrogens with one attached hydrogen (secondary N) is 1. The van der Waals surface area contributed by atoms with E-state index in [1.165, 1.54) is 43.5 Å². The normalized spacial score (nSPS) is 30.0. The maximum atomic E-state index is 4.80. The minimum absolute atomic E-state index is 0.358. The van der Waals surface area contributed by atoms with Crippen LogP contribution in [0.3, 0.4) is 0 Å². The summed E-state index contributed by atoms with van der Waals surface area (Å²) >= 11 is 1.70. The van der Waals surface area contributed by atoms with Crippen LogP contribution in [-0.2, 0) is 0 Å². The summed E-state index contributed by atoms with van der Waals surface area (Å²) in [6.07, 6.45) is 8.10. The zero-order valence-electron chi connectivity index (χ0n) is 12.7. The van der Waals surface area contributed by atoms with E-state index in [-0.39, 0.29) is 0 Å². The third-order valence-corrected chi connectivity index (χ3v) is 6.01. The SMILES string of the molecule is CC(C)c1nnc2sc(C3CCC4CCCCC4N3)nn12. The van der Waals surface area contributed by atoms with Gasteiger partial charge in [-0.15, -0.1) is 10.2 Å². The van der Waals surface area contributed by atoms with Crippen molar-refractivity contribution in [2.24, 2.45) is 5.92 Å². The third-order valence-electron chi connectivity index (χ3n) is 5.00. The van der Waals surface area contributed by atoms with E-state index in [1.807, 2.05) is 4.52 Å². The minimum atomic E-state index is 0.358. The number of nitrogens with zero attached hydrogens (tertiary/aromatic N) is 4. The predicted molar refractivity (Wildman–Crippen MR) is 83.6 cm³/mol. The molecule has 4 rings (SSSR count). The maximum Gasteiger partial charge on any atom is 0.234 e. The summed E-state index contributed by atoms with van der Waals surface area (Å²) in [5.41, 5.74) is 0. The van der Waals surface area contributed by atoms with E-state index in [0.717, 1.165) is 16.7 Å². The van der Waals surface area contributed by atoms with Gasteiger partial charge in [0.2, 0.25) is 4.96 Å². The molecule has 114 valence electrons. The Morgan fingerprint density at radius 2 is 2.00 bits per heavy atom. The van der Waals surface area contributed by atoms with Gasteiger partial charge < -0.3 is 5.32 Å². The molecule has 3 atom stereocenters. The van der Waals surface area contributed by atoms with Crippen molar-refractivity contribution in [1.82, 2.24) is 25.1 Å². The van der Waals surface area contributed by atoms with E-state index in [0.29, 0.717) is 18.0 Å². The fourth-order valence-corrected chi connectivity index (χ4v) is 4.78. The van der Waals surface area contributed by atoms with Crippen LogP contribution in [0.4, 0.5) is 0 Å². The monoisotopic (exact) mass is 305 g/mol. The fourth-order valence-electron chi connectivity index (χ4n) is 3.84. The fraction of sp³-hybridized carbons (Fsp3) is 0.800. The Balaban J connectivity index is 1.58. The van der Waals surface area contributed by atoms with Gasteiger partial charge in [-0.2, -0.15) is 9.61 Å². The van der Waals surface area contributed by atoms with E-state index in [1.54, 1.807) is 11.3 Å². The zero-order valence-corrected chi connectivity index (χ0v) is 13.6. The Labute approximate surface area is 129 Å². The molecule has 0 amide bonds. The van der Waals surface area contributed by atoms with Gasteiger partial charge in [0.1, 0.15) is 5.01 Å². The van der Waals surface area contributed by atoms with Gasteiger partial charge in [0.25, 0.3) is 0 Å². The standard InChI is InChI=1S/C15H23N5S/c1-9(2)13-17-18-15-20(13)19-14(21-15)12-8-7-10-5-3-4-6-11(10)16-12/h9-12,16H,3-8H2,1-2H3. The Bertz CT molecular complexity index is 631. The molecule has 1 aliphatic heterocycles. The van der Waals surface area contributed by atoms with Gasteiger partial charge in [-0.3, -0.25) is 0 Å². The Morgan fingerprint density at radius 3 is 2.86 bits per heavy atom. The van der Waals surface area contributed by atoms with E-state index in [2.05, 4.69) is 29.4 Å². The molecule has 2 aromatic rings. The van der Waals surface area contributed by atoms with Crippen LogP contribution >= 0.6 is 11.3 Å². The minimum Gasteiger partial charge on any atom is -0.305 e. The van der Waals surface area contributed by atoms with E-state index in [9.17, 15) is 0 Å². The summed E-state index contributed by atoms with van der Waals surface area (Å²) in [6.45, 7) is 4.28. The highest BCUT2D eigenvalue weighted by Gasteiger charge is 2.33. The van der Waals surface area contributed by atoms with Crippen LogP contribution in [0.5, 0.6) is 0 Å². The molecule has 0 bridgehead atoms. The van der Waals surface area contributed by atoms with Crippen molar-refractivity contribution in [1.29, 1.82) is 0 Å². The number of aromatic nitrogens is 4. The molecule has 2 fully saturated rings. The summed E-state index contributed by atoms with van der Waals surface area (Å²) < 4.78 is 1.94. The lowest BCUT2D eigenvalue weighted by molar-refractivity contribution is 0.176. The maximum absolute atomic E-state index is 4.80. The highest BCUT2D eigenvalue weighted by molar-refractivity contribution is 7.16. The average Bonchev–Trinajstić information content (AvgIpc) is 3.06. The van der Waals surface area contributed by atoms with Crippen molar-refractivity contribution in [3.8, 4) is 0 Å². The van der Waals surface area contributed by atoms with Gasteiger partial charge in [0, 0.05) is 12.0 Å². The third kappa shape index (κ3) is 2.38. The summed E-state index contributed by atoms with van der Waals surface area (Å²) in [5.74, 6) is 2.22. The first kappa shape index (κ1) is 13.6. The van der Waals surface area contributed by atoms with Crippen molar-refractivity contribution in [3.63, 3.8) is 0 Å². The van der Waals surface area contributed by atoms with Gasteiger partial charge in [0.05, 0.1) is 6.04 Å². The molecule has 1 N–H and O–H groups in total. The first-order chi connectivity index (χ1) is 10.2. The van der Waals surface area contributed by atoms with Crippen molar-refractivity contribution in [2.75, 3.05) is 0 Å². The molecule has 1 aliphatic carbocycles. The molecule has 0 aromatic carbocycles. The molecule has 21 heavy (non-hydrogen) atoms. The van der Waals surface area contributed by atoms with Gasteiger partial charge in [-0.05, 0) is 31.6 Å². The lowest BCUT2D eigenvalue weighted by Gasteiger charge is -2.39. The zero-order chi connectivity index (χ0) is 14.4.